The van der Waals surface area contributed by atoms with Gasteiger partial charge in [0.15, 0.2) is 0 Å². The fourth-order valence-corrected chi connectivity index (χ4v) is 3.46. The maximum atomic E-state index is 10.6. The zero-order valence-corrected chi connectivity index (χ0v) is 15.1. The molecule has 0 bridgehead atoms. The summed E-state index contributed by atoms with van der Waals surface area (Å²) in [5.74, 6) is 0.800. The third-order valence-electron chi connectivity index (χ3n) is 4.99. The lowest BCUT2D eigenvalue weighted by Crippen LogP contribution is -2.23. The van der Waals surface area contributed by atoms with Crippen molar-refractivity contribution in [2.45, 2.75) is 26.5 Å². The average molecular weight is 345 g/mol. The smallest absolute Gasteiger partial charge is 0.119 e. The third kappa shape index (κ3) is 3.06. The first-order valence-corrected chi connectivity index (χ1v) is 8.97. The highest BCUT2D eigenvalue weighted by Crippen LogP contribution is 2.29. The first kappa shape index (κ1) is 16.7. The maximum absolute atomic E-state index is 10.6. The van der Waals surface area contributed by atoms with Gasteiger partial charge < -0.3 is 14.4 Å². The minimum atomic E-state index is -0.587. The van der Waals surface area contributed by atoms with Crippen LogP contribution in [0.2, 0.25) is 0 Å². The second-order valence-electron chi connectivity index (χ2n) is 6.86. The quantitative estimate of drug-likeness (QED) is 0.561. The van der Waals surface area contributed by atoms with Crippen LogP contribution in [0, 0.1) is 13.8 Å². The van der Waals surface area contributed by atoms with Crippen molar-refractivity contribution >= 4 is 21.8 Å². The van der Waals surface area contributed by atoms with Crippen LogP contribution in [0.1, 0.15) is 11.1 Å². The molecule has 0 aliphatic carbocycles. The number of rotatable bonds is 5. The van der Waals surface area contributed by atoms with Crippen LogP contribution in [0.4, 0.5) is 0 Å². The van der Waals surface area contributed by atoms with Gasteiger partial charge in [-0.1, -0.05) is 42.5 Å². The van der Waals surface area contributed by atoms with Crippen LogP contribution in [-0.2, 0) is 6.54 Å². The molecule has 0 saturated heterocycles. The summed E-state index contributed by atoms with van der Waals surface area (Å²) in [6.07, 6.45) is -0.587. The fraction of sp³-hybridized carbons (Fsp3) is 0.217. The molecule has 1 atom stereocenters. The van der Waals surface area contributed by atoms with Gasteiger partial charge in [-0.3, -0.25) is 0 Å². The Balaban J connectivity index is 1.57. The molecule has 26 heavy (non-hydrogen) atoms. The normalized spacial score (nSPS) is 12.6. The number of aliphatic hydroxyl groups excluding tert-OH is 1. The Morgan fingerprint density at radius 2 is 1.46 bits per heavy atom. The summed E-state index contributed by atoms with van der Waals surface area (Å²) in [4.78, 5) is 0. The zero-order valence-electron chi connectivity index (χ0n) is 15.1. The van der Waals surface area contributed by atoms with Crippen LogP contribution in [0.5, 0.6) is 5.75 Å². The number of fused-ring (bicyclic) bond motifs is 3. The van der Waals surface area contributed by atoms with E-state index in [1.807, 2.05) is 30.3 Å². The third-order valence-corrected chi connectivity index (χ3v) is 4.99. The SMILES string of the molecule is Cc1ccc(OCC(O)Cn2c3ccccc3c3ccccc32)cc1C. The summed E-state index contributed by atoms with van der Waals surface area (Å²) >= 11 is 0. The summed E-state index contributed by atoms with van der Waals surface area (Å²) in [7, 11) is 0. The number of aliphatic hydroxyl groups is 1. The van der Waals surface area contributed by atoms with Gasteiger partial charge in [0.2, 0.25) is 0 Å². The lowest BCUT2D eigenvalue weighted by molar-refractivity contribution is 0.0944. The van der Waals surface area contributed by atoms with Crippen LogP contribution >= 0.6 is 0 Å². The molecule has 3 aromatic carbocycles. The van der Waals surface area contributed by atoms with Crippen molar-refractivity contribution in [2.24, 2.45) is 0 Å². The molecule has 4 rings (SSSR count). The van der Waals surface area contributed by atoms with Gasteiger partial charge in [-0.2, -0.15) is 0 Å². The molecule has 0 aliphatic rings. The van der Waals surface area contributed by atoms with E-state index in [4.69, 9.17) is 4.74 Å². The van der Waals surface area contributed by atoms with E-state index < -0.39 is 6.10 Å². The van der Waals surface area contributed by atoms with Gasteiger partial charge in [0.25, 0.3) is 0 Å². The predicted octanol–water partition coefficient (Wildman–Crippen LogP) is 4.85. The molecule has 1 aromatic heterocycles. The molecular weight excluding hydrogens is 322 g/mol. The molecule has 0 spiro atoms. The van der Waals surface area contributed by atoms with E-state index in [-0.39, 0.29) is 6.61 Å². The number of aryl methyl sites for hydroxylation is 2. The first-order valence-electron chi connectivity index (χ1n) is 8.97. The Labute approximate surface area is 153 Å². The molecule has 132 valence electrons. The van der Waals surface area contributed by atoms with Crippen molar-refractivity contribution < 1.29 is 9.84 Å². The number of ether oxygens (including phenoxy) is 1. The number of para-hydroxylation sites is 2. The van der Waals surface area contributed by atoms with E-state index in [0.717, 1.165) is 16.8 Å². The first-order chi connectivity index (χ1) is 12.6. The Bertz CT molecular complexity index is 1010. The number of hydrogen-bond acceptors (Lipinski definition) is 2. The molecule has 1 N–H and O–H groups in total. The summed E-state index contributed by atoms with van der Waals surface area (Å²) in [5.41, 5.74) is 4.71. The number of benzene rings is 3. The van der Waals surface area contributed by atoms with Crippen molar-refractivity contribution in [1.29, 1.82) is 0 Å². The molecule has 0 amide bonds. The van der Waals surface area contributed by atoms with E-state index in [1.165, 1.54) is 21.9 Å². The molecule has 3 nitrogen and oxygen atoms in total. The Morgan fingerprint density at radius 3 is 2.08 bits per heavy atom. The maximum Gasteiger partial charge on any atom is 0.119 e. The molecule has 3 heteroatoms. The summed E-state index contributed by atoms with van der Waals surface area (Å²) in [6.45, 7) is 4.91. The summed E-state index contributed by atoms with van der Waals surface area (Å²) in [6, 6.07) is 22.7. The van der Waals surface area contributed by atoms with Gasteiger partial charge in [0.1, 0.15) is 18.5 Å². The van der Waals surface area contributed by atoms with E-state index in [1.54, 1.807) is 0 Å². The molecule has 0 aliphatic heterocycles. The number of nitrogens with zero attached hydrogens (tertiary/aromatic N) is 1. The van der Waals surface area contributed by atoms with Gasteiger partial charge in [-0.25, -0.2) is 0 Å². The summed E-state index contributed by atoms with van der Waals surface area (Å²) < 4.78 is 7.99. The van der Waals surface area contributed by atoms with Gasteiger partial charge in [-0.05, 0) is 49.2 Å². The largest absolute Gasteiger partial charge is 0.491 e. The highest BCUT2D eigenvalue weighted by molar-refractivity contribution is 6.07. The average Bonchev–Trinajstić information content (AvgIpc) is 2.97. The van der Waals surface area contributed by atoms with Crippen molar-refractivity contribution in [3.05, 3.63) is 77.9 Å². The van der Waals surface area contributed by atoms with E-state index in [0.29, 0.717) is 6.54 Å². The minimum absolute atomic E-state index is 0.267. The van der Waals surface area contributed by atoms with Gasteiger partial charge >= 0.3 is 0 Å². The second-order valence-corrected chi connectivity index (χ2v) is 6.86. The molecule has 1 unspecified atom stereocenters. The van der Waals surface area contributed by atoms with E-state index in [2.05, 4.69) is 54.8 Å². The molecule has 1 heterocycles. The lowest BCUT2D eigenvalue weighted by Gasteiger charge is -2.15. The highest BCUT2D eigenvalue weighted by atomic mass is 16.5. The fourth-order valence-electron chi connectivity index (χ4n) is 3.46. The number of hydrogen-bond donors (Lipinski definition) is 1. The molecule has 0 saturated carbocycles. The van der Waals surface area contributed by atoms with Crippen LogP contribution in [0.15, 0.2) is 66.7 Å². The topological polar surface area (TPSA) is 34.4 Å². The minimum Gasteiger partial charge on any atom is -0.491 e. The van der Waals surface area contributed by atoms with Crippen LogP contribution in [0.25, 0.3) is 21.8 Å². The van der Waals surface area contributed by atoms with Crippen LogP contribution in [-0.4, -0.2) is 22.4 Å². The highest BCUT2D eigenvalue weighted by Gasteiger charge is 2.13. The van der Waals surface area contributed by atoms with Crippen molar-refractivity contribution in [1.82, 2.24) is 4.57 Å². The zero-order chi connectivity index (χ0) is 18.1. The van der Waals surface area contributed by atoms with Crippen molar-refractivity contribution in [3.8, 4) is 5.75 Å². The second kappa shape index (κ2) is 6.85. The van der Waals surface area contributed by atoms with Crippen LogP contribution in [0.3, 0.4) is 0 Å². The monoisotopic (exact) mass is 345 g/mol. The van der Waals surface area contributed by atoms with Gasteiger partial charge in [0.05, 0.1) is 6.54 Å². The van der Waals surface area contributed by atoms with E-state index >= 15 is 0 Å². The molecule has 0 fully saturated rings. The van der Waals surface area contributed by atoms with Gasteiger partial charge in [0, 0.05) is 21.8 Å². The lowest BCUT2D eigenvalue weighted by atomic mass is 10.1. The molecule has 0 radical (unpaired) electrons. The van der Waals surface area contributed by atoms with Gasteiger partial charge in [-0.15, -0.1) is 0 Å². The van der Waals surface area contributed by atoms with E-state index in [9.17, 15) is 5.11 Å². The molecule has 4 aromatic rings. The van der Waals surface area contributed by atoms with Crippen LogP contribution < -0.4 is 4.74 Å². The predicted molar refractivity (Wildman–Crippen MR) is 107 cm³/mol. The summed E-state index contributed by atoms with van der Waals surface area (Å²) in [5, 5.41) is 13.0. The van der Waals surface area contributed by atoms with Crippen molar-refractivity contribution in [3.63, 3.8) is 0 Å². The standard InChI is InChI=1S/C23H23NO2/c1-16-11-12-19(13-17(16)2)26-15-18(25)14-24-22-9-5-3-7-20(22)21-8-4-6-10-23(21)24/h3-13,18,25H,14-15H2,1-2H3. The van der Waals surface area contributed by atoms with Crippen molar-refractivity contribution in [2.75, 3.05) is 6.61 Å². The Morgan fingerprint density at radius 1 is 0.846 bits per heavy atom. The molecular formula is C23H23NO2. The number of aromatic nitrogens is 1. The Hall–Kier alpha value is -2.78. The Kier molecular flexibility index (Phi) is 4.39.